The molecule has 0 radical (unpaired) electrons. The van der Waals surface area contributed by atoms with E-state index >= 15 is 0 Å². The van der Waals surface area contributed by atoms with Crippen LogP contribution >= 0.6 is 15.9 Å². The van der Waals surface area contributed by atoms with E-state index in [9.17, 15) is 9.59 Å². The topological polar surface area (TPSA) is 73.8 Å². The SMILES string of the molecule is CN(C)c1ccc(/C=C(\NC(=O)c2ccccc2)C(=O)N/N=C\C(Br)=C\c2ccccc2)cc1. The Morgan fingerprint density at radius 2 is 1.41 bits per heavy atom. The van der Waals surface area contributed by atoms with E-state index in [0.29, 0.717) is 10.0 Å². The van der Waals surface area contributed by atoms with Gasteiger partial charge in [0.15, 0.2) is 0 Å². The Balaban J connectivity index is 1.78. The van der Waals surface area contributed by atoms with Gasteiger partial charge in [0.25, 0.3) is 11.8 Å². The number of carbonyl (C=O) groups excluding carboxylic acids is 2. The fourth-order valence-corrected chi connectivity index (χ4v) is 3.30. The lowest BCUT2D eigenvalue weighted by Gasteiger charge is -2.12. The summed E-state index contributed by atoms with van der Waals surface area (Å²) >= 11 is 3.42. The molecule has 2 N–H and O–H groups in total. The second kappa shape index (κ2) is 12.3. The van der Waals surface area contributed by atoms with Crippen LogP contribution in [0.2, 0.25) is 0 Å². The number of benzene rings is 3. The summed E-state index contributed by atoms with van der Waals surface area (Å²) in [6, 6.07) is 26.0. The first-order chi connectivity index (χ1) is 16.4. The molecule has 2 amide bonds. The Bertz CT molecular complexity index is 1200. The standard InChI is InChI=1S/C27H25BrN4O2/c1-32(2)24-15-13-21(14-16-24)18-25(30-26(33)22-11-7-4-8-12-22)27(34)31-29-19-23(28)17-20-9-5-3-6-10-20/h3-19H,1-2H3,(H,30,33)(H,31,34)/b23-17-,25-18-,29-19-. The first-order valence-electron chi connectivity index (χ1n) is 10.5. The van der Waals surface area contributed by atoms with Crippen molar-refractivity contribution in [2.45, 2.75) is 0 Å². The van der Waals surface area contributed by atoms with Crippen LogP contribution in [-0.4, -0.2) is 32.1 Å². The van der Waals surface area contributed by atoms with Crippen molar-refractivity contribution in [3.05, 3.63) is 112 Å². The van der Waals surface area contributed by atoms with Gasteiger partial charge in [-0.2, -0.15) is 5.10 Å². The average molecular weight is 517 g/mol. The first-order valence-corrected chi connectivity index (χ1v) is 11.3. The number of halogens is 1. The minimum Gasteiger partial charge on any atom is -0.378 e. The van der Waals surface area contributed by atoms with Crippen molar-refractivity contribution < 1.29 is 9.59 Å². The molecule has 0 saturated heterocycles. The second-order valence-corrected chi connectivity index (χ2v) is 8.42. The molecule has 3 rings (SSSR count). The van der Waals surface area contributed by atoms with E-state index in [2.05, 4.69) is 31.8 Å². The lowest BCUT2D eigenvalue weighted by Crippen LogP contribution is -2.32. The summed E-state index contributed by atoms with van der Waals surface area (Å²) in [6.45, 7) is 0. The van der Waals surface area contributed by atoms with E-state index in [0.717, 1.165) is 16.8 Å². The van der Waals surface area contributed by atoms with Gasteiger partial charge in [-0.1, -0.05) is 60.7 Å². The van der Waals surface area contributed by atoms with Gasteiger partial charge in [0.1, 0.15) is 5.70 Å². The molecule has 172 valence electrons. The number of amides is 2. The van der Waals surface area contributed by atoms with Crippen LogP contribution in [0.25, 0.3) is 12.2 Å². The smallest absolute Gasteiger partial charge is 0.287 e. The molecular weight excluding hydrogens is 492 g/mol. The largest absolute Gasteiger partial charge is 0.378 e. The number of rotatable bonds is 8. The number of nitrogens with one attached hydrogen (secondary N) is 2. The van der Waals surface area contributed by atoms with Gasteiger partial charge < -0.3 is 10.2 Å². The first kappa shape index (κ1) is 24.7. The molecule has 0 spiro atoms. The zero-order valence-electron chi connectivity index (χ0n) is 18.9. The van der Waals surface area contributed by atoms with Crippen molar-refractivity contribution >= 4 is 51.8 Å². The van der Waals surface area contributed by atoms with Crippen LogP contribution in [0.15, 0.2) is 100 Å². The van der Waals surface area contributed by atoms with E-state index in [-0.39, 0.29) is 11.6 Å². The van der Waals surface area contributed by atoms with Gasteiger partial charge in [0.05, 0.1) is 6.21 Å². The minimum absolute atomic E-state index is 0.0757. The molecule has 0 aliphatic carbocycles. The number of allylic oxidation sites excluding steroid dienone is 1. The fraction of sp³-hybridized carbons (Fsp3) is 0.0741. The normalized spacial score (nSPS) is 11.9. The molecule has 0 atom stereocenters. The van der Waals surface area contributed by atoms with Crippen molar-refractivity contribution in [3.8, 4) is 0 Å². The zero-order valence-corrected chi connectivity index (χ0v) is 20.5. The van der Waals surface area contributed by atoms with Crippen LogP contribution < -0.4 is 15.6 Å². The van der Waals surface area contributed by atoms with Crippen LogP contribution in [0.5, 0.6) is 0 Å². The maximum atomic E-state index is 12.9. The fourth-order valence-electron chi connectivity index (χ4n) is 2.94. The Kier molecular flexibility index (Phi) is 8.94. The van der Waals surface area contributed by atoms with E-state index in [1.807, 2.05) is 85.7 Å². The third-order valence-electron chi connectivity index (χ3n) is 4.71. The van der Waals surface area contributed by atoms with Crippen LogP contribution in [0.1, 0.15) is 21.5 Å². The third kappa shape index (κ3) is 7.56. The number of hydrogen-bond donors (Lipinski definition) is 2. The van der Waals surface area contributed by atoms with Crippen molar-refractivity contribution in [2.24, 2.45) is 5.10 Å². The summed E-state index contributed by atoms with van der Waals surface area (Å²) < 4.78 is 0.678. The van der Waals surface area contributed by atoms with Gasteiger partial charge in [-0.25, -0.2) is 5.43 Å². The highest BCUT2D eigenvalue weighted by molar-refractivity contribution is 9.12. The summed E-state index contributed by atoms with van der Waals surface area (Å²) in [4.78, 5) is 27.5. The van der Waals surface area contributed by atoms with E-state index in [4.69, 9.17) is 0 Å². The number of hydrogen-bond acceptors (Lipinski definition) is 4. The molecule has 0 aromatic heterocycles. The van der Waals surface area contributed by atoms with Crippen LogP contribution in [-0.2, 0) is 4.79 Å². The summed E-state index contributed by atoms with van der Waals surface area (Å²) in [7, 11) is 3.90. The van der Waals surface area contributed by atoms with Gasteiger partial charge in [-0.05, 0) is 63.5 Å². The Morgan fingerprint density at radius 1 is 0.824 bits per heavy atom. The molecule has 0 bridgehead atoms. The molecule has 6 nitrogen and oxygen atoms in total. The maximum absolute atomic E-state index is 12.9. The summed E-state index contributed by atoms with van der Waals surface area (Å²) in [5.74, 6) is -0.932. The Hall–Kier alpha value is -3.97. The molecule has 34 heavy (non-hydrogen) atoms. The maximum Gasteiger partial charge on any atom is 0.287 e. The summed E-state index contributed by atoms with van der Waals surface area (Å²) in [5.41, 5.74) is 5.77. The van der Waals surface area contributed by atoms with Crippen molar-refractivity contribution in [2.75, 3.05) is 19.0 Å². The summed E-state index contributed by atoms with van der Waals surface area (Å²) in [5, 5.41) is 6.71. The average Bonchev–Trinajstić information content (AvgIpc) is 2.85. The van der Waals surface area contributed by atoms with Gasteiger partial charge >= 0.3 is 0 Å². The lowest BCUT2D eigenvalue weighted by atomic mass is 10.1. The molecule has 3 aromatic carbocycles. The second-order valence-electron chi connectivity index (χ2n) is 7.50. The van der Waals surface area contributed by atoms with Gasteiger partial charge in [0.2, 0.25) is 0 Å². The Morgan fingerprint density at radius 3 is 2.03 bits per heavy atom. The Labute approximate surface area is 207 Å². The van der Waals surface area contributed by atoms with Crippen LogP contribution in [0, 0.1) is 0 Å². The quantitative estimate of drug-likeness (QED) is 0.249. The van der Waals surface area contributed by atoms with Crippen molar-refractivity contribution in [1.29, 1.82) is 0 Å². The number of anilines is 1. The van der Waals surface area contributed by atoms with Crippen molar-refractivity contribution in [1.82, 2.24) is 10.7 Å². The third-order valence-corrected chi connectivity index (χ3v) is 5.14. The molecule has 0 fully saturated rings. The predicted molar refractivity (Wildman–Crippen MR) is 143 cm³/mol. The van der Waals surface area contributed by atoms with Crippen molar-refractivity contribution in [3.63, 3.8) is 0 Å². The van der Waals surface area contributed by atoms with Gasteiger partial charge in [-0.15, -0.1) is 0 Å². The molecule has 0 heterocycles. The number of nitrogens with zero attached hydrogens (tertiary/aromatic N) is 2. The molecular formula is C27H25BrN4O2. The molecule has 0 aliphatic rings. The molecule has 7 heteroatoms. The molecule has 0 aliphatic heterocycles. The minimum atomic E-state index is -0.544. The summed E-state index contributed by atoms with van der Waals surface area (Å²) in [6.07, 6.45) is 4.96. The molecule has 0 unspecified atom stereocenters. The van der Waals surface area contributed by atoms with Gasteiger partial charge in [0, 0.05) is 29.8 Å². The number of carbonyl (C=O) groups is 2. The zero-order chi connectivity index (χ0) is 24.3. The highest BCUT2D eigenvalue weighted by atomic mass is 79.9. The predicted octanol–water partition coefficient (Wildman–Crippen LogP) is 5.06. The van der Waals surface area contributed by atoms with E-state index in [1.54, 1.807) is 30.3 Å². The van der Waals surface area contributed by atoms with Crippen LogP contribution in [0.3, 0.4) is 0 Å². The number of hydrazone groups is 1. The van der Waals surface area contributed by atoms with Crippen LogP contribution in [0.4, 0.5) is 5.69 Å². The molecule has 3 aromatic rings. The van der Waals surface area contributed by atoms with E-state index < -0.39 is 5.91 Å². The van der Waals surface area contributed by atoms with Gasteiger partial charge in [-0.3, -0.25) is 9.59 Å². The lowest BCUT2D eigenvalue weighted by molar-refractivity contribution is -0.117. The molecule has 0 saturated carbocycles. The highest BCUT2D eigenvalue weighted by Crippen LogP contribution is 2.15. The monoisotopic (exact) mass is 516 g/mol. The highest BCUT2D eigenvalue weighted by Gasteiger charge is 2.14. The van der Waals surface area contributed by atoms with E-state index in [1.165, 1.54) is 6.21 Å².